The zero-order chi connectivity index (χ0) is 23.6. The first-order valence-corrected chi connectivity index (χ1v) is 12.3. The van der Waals surface area contributed by atoms with Gasteiger partial charge in [-0.25, -0.2) is 9.59 Å². The number of carbonyl (C=O) groups excluding carboxylic acids is 3. The maximum absolute atomic E-state index is 13.4. The number of cyclic esters (lactones) is 2. The number of fused-ring (bicyclic) bond motifs is 1. The number of benzene rings is 1. The molecule has 5 aliphatic rings. The number of hydrogen-bond acceptors (Lipinski definition) is 7. The Kier molecular flexibility index (Phi) is 5.08. The summed E-state index contributed by atoms with van der Waals surface area (Å²) < 4.78 is 10.4. The Hall–Kier alpha value is -2.71. The molecule has 0 aromatic heterocycles. The van der Waals surface area contributed by atoms with Crippen molar-refractivity contribution in [3.63, 3.8) is 0 Å². The average molecular weight is 467 g/mol. The molecule has 8 heteroatoms. The smallest absolute Gasteiger partial charge is 0.338 e. The van der Waals surface area contributed by atoms with E-state index in [4.69, 9.17) is 9.47 Å². The van der Waals surface area contributed by atoms with Gasteiger partial charge in [-0.05, 0) is 75.2 Å². The lowest BCUT2D eigenvalue weighted by atomic mass is 9.77. The number of β-amino-alcohol motifs (C(OH)–C–C–N with tert-alkyl or cyclic N) is 1. The van der Waals surface area contributed by atoms with Crippen molar-refractivity contribution in [2.45, 2.75) is 57.7 Å². The number of amides is 1. The first-order chi connectivity index (χ1) is 16.4. The third-order valence-electron chi connectivity index (χ3n) is 8.46. The molecule has 0 bridgehead atoms. The summed E-state index contributed by atoms with van der Waals surface area (Å²) in [4.78, 5) is 41.1. The Morgan fingerprint density at radius 2 is 1.74 bits per heavy atom. The van der Waals surface area contributed by atoms with Gasteiger partial charge in [-0.2, -0.15) is 0 Å². The molecule has 180 valence electrons. The topological polar surface area (TPSA) is 96.4 Å². The lowest BCUT2D eigenvalue weighted by Crippen LogP contribution is -2.45. The molecule has 3 fully saturated rings. The van der Waals surface area contributed by atoms with Crippen molar-refractivity contribution in [3.05, 3.63) is 45.7 Å². The molecule has 1 amide bonds. The summed E-state index contributed by atoms with van der Waals surface area (Å²) in [5.41, 5.74) is 4.50. The Bertz CT molecular complexity index is 1110. The molecular formula is C26H30N2O6. The third kappa shape index (κ3) is 3.38. The highest BCUT2D eigenvalue weighted by Gasteiger charge is 2.50. The van der Waals surface area contributed by atoms with E-state index in [0.29, 0.717) is 36.8 Å². The number of carbonyl (C=O) groups is 3. The zero-order valence-electron chi connectivity index (χ0n) is 19.5. The Balaban J connectivity index is 1.13. The van der Waals surface area contributed by atoms with Crippen molar-refractivity contribution in [3.8, 4) is 0 Å². The van der Waals surface area contributed by atoms with E-state index in [9.17, 15) is 19.5 Å². The number of aliphatic hydroxyl groups excluding tert-OH is 1. The number of hydrogen-bond donors (Lipinski definition) is 1. The van der Waals surface area contributed by atoms with E-state index in [2.05, 4.69) is 4.90 Å². The summed E-state index contributed by atoms with van der Waals surface area (Å²) in [5.74, 6) is -0.0840. The molecule has 2 saturated heterocycles. The van der Waals surface area contributed by atoms with Crippen LogP contribution in [-0.4, -0.2) is 65.5 Å². The number of esters is 2. The van der Waals surface area contributed by atoms with Gasteiger partial charge in [0.1, 0.15) is 13.2 Å². The maximum atomic E-state index is 13.4. The van der Waals surface area contributed by atoms with E-state index in [1.807, 2.05) is 6.07 Å². The van der Waals surface area contributed by atoms with Gasteiger partial charge in [0.25, 0.3) is 0 Å². The van der Waals surface area contributed by atoms with Crippen LogP contribution in [0.4, 0.5) is 0 Å². The Morgan fingerprint density at radius 1 is 1.03 bits per heavy atom. The molecule has 1 atom stereocenters. The molecule has 4 aliphatic heterocycles. The van der Waals surface area contributed by atoms with Gasteiger partial charge in [0, 0.05) is 18.7 Å². The molecule has 6 rings (SSSR count). The van der Waals surface area contributed by atoms with E-state index in [1.165, 1.54) is 0 Å². The molecule has 0 unspecified atom stereocenters. The number of ether oxygens (including phenoxy) is 2. The van der Waals surface area contributed by atoms with Crippen molar-refractivity contribution >= 4 is 17.8 Å². The van der Waals surface area contributed by atoms with Gasteiger partial charge >= 0.3 is 11.9 Å². The van der Waals surface area contributed by atoms with Crippen molar-refractivity contribution in [2.24, 2.45) is 5.41 Å². The number of aliphatic hydroxyl groups is 1. The molecule has 1 aliphatic carbocycles. The van der Waals surface area contributed by atoms with Crippen LogP contribution in [0.2, 0.25) is 0 Å². The largest absolute Gasteiger partial charge is 0.457 e. The van der Waals surface area contributed by atoms with Gasteiger partial charge < -0.3 is 24.4 Å². The van der Waals surface area contributed by atoms with Gasteiger partial charge in [-0.1, -0.05) is 6.07 Å². The first-order valence-electron chi connectivity index (χ1n) is 12.3. The quantitative estimate of drug-likeness (QED) is 0.666. The number of rotatable bonds is 5. The van der Waals surface area contributed by atoms with Crippen molar-refractivity contribution in [1.29, 1.82) is 0 Å². The van der Waals surface area contributed by atoms with Crippen molar-refractivity contribution < 1.29 is 29.0 Å². The lowest BCUT2D eigenvalue weighted by molar-refractivity contribution is -0.138. The molecule has 34 heavy (non-hydrogen) atoms. The van der Waals surface area contributed by atoms with E-state index in [0.717, 1.165) is 67.6 Å². The predicted molar refractivity (Wildman–Crippen MR) is 121 cm³/mol. The van der Waals surface area contributed by atoms with Crippen LogP contribution >= 0.6 is 0 Å². The van der Waals surface area contributed by atoms with E-state index in [1.54, 1.807) is 17.9 Å². The fourth-order valence-electron chi connectivity index (χ4n) is 6.19. The summed E-state index contributed by atoms with van der Waals surface area (Å²) in [6.45, 7) is 4.84. The number of likely N-dealkylation sites (tertiary alicyclic amines) is 2. The minimum absolute atomic E-state index is 0.111. The van der Waals surface area contributed by atoms with Gasteiger partial charge in [-0.15, -0.1) is 0 Å². The van der Waals surface area contributed by atoms with Crippen LogP contribution in [0, 0.1) is 5.41 Å². The van der Waals surface area contributed by atoms with Crippen LogP contribution in [0.15, 0.2) is 23.4 Å². The highest BCUT2D eigenvalue weighted by Crippen LogP contribution is 2.48. The lowest BCUT2D eigenvalue weighted by Gasteiger charge is -2.39. The van der Waals surface area contributed by atoms with Gasteiger partial charge in [0.2, 0.25) is 5.91 Å². The van der Waals surface area contributed by atoms with Crippen molar-refractivity contribution in [2.75, 3.05) is 32.8 Å². The zero-order valence-corrected chi connectivity index (χ0v) is 19.5. The Morgan fingerprint density at radius 3 is 2.41 bits per heavy atom. The summed E-state index contributed by atoms with van der Waals surface area (Å²) in [6, 6.07) is 3.69. The summed E-state index contributed by atoms with van der Waals surface area (Å²) in [6.07, 6.45) is 3.81. The van der Waals surface area contributed by atoms with Gasteiger partial charge in [0.05, 0.1) is 28.4 Å². The second-order valence-corrected chi connectivity index (χ2v) is 10.4. The van der Waals surface area contributed by atoms with Crippen LogP contribution in [0.3, 0.4) is 0 Å². The summed E-state index contributed by atoms with van der Waals surface area (Å²) in [5, 5.41) is 11.2. The first kappa shape index (κ1) is 21.8. The molecule has 1 saturated carbocycles. The fourth-order valence-corrected chi connectivity index (χ4v) is 6.19. The Labute approximate surface area is 198 Å². The standard InChI is InChI=1S/C26H30N2O6/c1-15-20(14-34-23(15)30)28-11-8-26(25(28)32)6-9-27(10-7-26)12-21(29)18-5-4-17-19(13-33-24(17)31)22(18)16-2-3-16/h4-5,16,21,29H,2-3,6-14H2,1H3/t21-/m1/s1. The van der Waals surface area contributed by atoms with Gasteiger partial charge in [-0.3, -0.25) is 4.79 Å². The van der Waals surface area contributed by atoms with Crippen LogP contribution in [-0.2, 0) is 25.7 Å². The molecular weight excluding hydrogens is 436 g/mol. The second kappa shape index (κ2) is 7.92. The highest BCUT2D eigenvalue weighted by molar-refractivity contribution is 5.95. The molecule has 1 aromatic carbocycles. The normalized spacial score (nSPS) is 25.2. The molecule has 1 spiro atoms. The maximum Gasteiger partial charge on any atom is 0.338 e. The third-order valence-corrected chi connectivity index (χ3v) is 8.46. The molecule has 1 N–H and O–H groups in total. The molecule has 4 heterocycles. The molecule has 8 nitrogen and oxygen atoms in total. The van der Waals surface area contributed by atoms with Gasteiger partial charge in [0.15, 0.2) is 0 Å². The van der Waals surface area contributed by atoms with E-state index < -0.39 is 6.10 Å². The average Bonchev–Trinajstić information content (AvgIpc) is 3.45. The highest BCUT2D eigenvalue weighted by atomic mass is 16.5. The van der Waals surface area contributed by atoms with Crippen LogP contribution in [0.5, 0.6) is 0 Å². The minimum Gasteiger partial charge on any atom is -0.457 e. The van der Waals surface area contributed by atoms with Crippen LogP contribution in [0.1, 0.15) is 78.1 Å². The predicted octanol–water partition coefficient (Wildman–Crippen LogP) is 2.41. The number of piperidine rings is 1. The monoisotopic (exact) mass is 466 g/mol. The summed E-state index contributed by atoms with van der Waals surface area (Å²) in [7, 11) is 0. The van der Waals surface area contributed by atoms with Crippen LogP contribution in [0.25, 0.3) is 0 Å². The fraction of sp³-hybridized carbons (Fsp3) is 0.577. The molecule has 0 radical (unpaired) electrons. The summed E-state index contributed by atoms with van der Waals surface area (Å²) >= 11 is 0. The van der Waals surface area contributed by atoms with Crippen LogP contribution < -0.4 is 0 Å². The molecule has 1 aromatic rings. The van der Waals surface area contributed by atoms with E-state index >= 15 is 0 Å². The number of nitrogens with zero attached hydrogens (tertiary/aromatic N) is 2. The van der Waals surface area contributed by atoms with E-state index in [-0.39, 0.29) is 29.9 Å². The second-order valence-electron chi connectivity index (χ2n) is 10.4. The van der Waals surface area contributed by atoms with Crippen molar-refractivity contribution in [1.82, 2.24) is 9.80 Å². The minimum atomic E-state index is -0.643. The SMILES string of the molecule is CC1=C(N2CCC3(CCN(C[C@@H](O)c4ccc5c(c4C4CC4)COC5=O)CC3)C2=O)COC1=O.